The van der Waals surface area contributed by atoms with Crippen LogP contribution in [-0.4, -0.2) is 10.9 Å². The summed E-state index contributed by atoms with van der Waals surface area (Å²) in [5.74, 6) is 0.724. The molecule has 0 fully saturated rings. The van der Waals surface area contributed by atoms with Crippen molar-refractivity contribution in [2.75, 3.05) is 5.88 Å². The molecule has 0 atom stereocenters. The molecular weight excluding hydrogens is 194 g/mol. The van der Waals surface area contributed by atoms with Crippen molar-refractivity contribution in [3.8, 4) is 0 Å². The number of halogens is 1. The van der Waals surface area contributed by atoms with Crippen molar-refractivity contribution < 1.29 is 0 Å². The molecule has 0 unspecified atom stereocenters. The molecule has 0 aliphatic carbocycles. The van der Waals surface area contributed by atoms with E-state index in [-0.39, 0.29) is 0 Å². The molecule has 2 aromatic rings. The van der Waals surface area contributed by atoms with Gasteiger partial charge in [-0.1, -0.05) is 18.2 Å². The van der Waals surface area contributed by atoms with Gasteiger partial charge < -0.3 is 0 Å². The van der Waals surface area contributed by atoms with Crippen LogP contribution in [-0.2, 0) is 6.42 Å². The smallest absolute Gasteiger partial charge is 0.0346 e. The van der Waals surface area contributed by atoms with Crippen LogP contribution in [0, 0.1) is 0 Å². The number of aryl methyl sites for hydroxylation is 1. The lowest BCUT2D eigenvalue weighted by atomic mass is 10.0. The quantitative estimate of drug-likeness (QED) is 0.700. The highest BCUT2D eigenvalue weighted by Crippen LogP contribution is 2.18. The predicted octanol–water partition coefficient (Wildman–Crippen LogP) is 3.41. The second kappa shape index (κ2) is 4.43. The van der Waals surface area contributed by atoms with E-state index in [4.69, 9.17) is 11.6 Å². The molecule has 0 N–H and O–H groups in total. The van der Waals surface area contributed by atoms with Crippen LogP contribution >= 0.6 is 11.6 Å². The Balaban J connectivity index is 2.43. The van der Waals surface area contributed by atoms with E-state index in [1.165, 1.54) is 16.3 Å². The van der Waals surface area contributed by atoms with Crippen LogP contribution in [0.3, 0.4) is 0 Å². The van der Waals surface area contributed by atoms with Gasteiger partial charge in [0, 0.05) is 23.7 Å². The Kier molecular flexibility index (Phi) is 3.00. The second-order valence-electron chi connectivity index (χ2n) is 3.31. The molecule has 1 aromatic carbocycles. The van der Waals surface area contributed by atoms with Crippen LogP contribution in [0.4, 0.5) is 0 Å². The third-order valence-corrected chi connectivity index (χ3v) is 2.62. The van der Waals surface area contributed by atoms with Gasteiger partial charge in [-0.2, -0.15) is 0 Å². The molecular formula is C12H12ClN. The van der Waals surface area contributed by atoms with Crippen molar-refractivity contribution >= 4 is 22.4 Å². The number of hydrogen-bond donors (Lipinski definition) is 0. The van der Waals surface area contributed by atoms with Gasteiger partial charge in [0.05, 0.1) is 0 Å². The highest BCUT2D eigenvalue weighted by Gasteiger charge is 1.99. The lowest BCUT2D eigenvalue weighted by Gasteiger charge is -2.04. The molecule has 1 heterocycles. The third kappa shape index (κ3) is 1.88. The monoisotopic (exact) mass is 205 g/mol. The average Bonchev–Trinajstić information content (AvgIpc) is 2.26. The molecule has 1 aromatic heterocycles. The fourth-order valence-corrected chi connectivity index (χ4v) is 1.80. The number of alkyl halides is 1. The van der Waals surface area contributed by atoms with Crippen molar-refractivity contribution in [2.45, 2.75) is 12.8 Å². The summed E-state index contributed by atoms with van der Waals surface area (Å²) < 4.78 is 0. The summed E-state index contributed by atoms with van der Waals surface area (Å²) in [7, 11) is 0. The molecule has 72 valence electrons. The van der Waals surface area contributed by atoms with Gasteiger partial charge in [-0.25, -0.2) is 0 Å². The van der Waals surface area contributed by atoms with Crippen LogP contribution < -0.4 is 0 Å². The van der Waals surface area contributed by atoms with E-state index in [1.807, 2.05) is 12.4 Å². The van der Waals surface area contributed by atoms with Gasteiger partial charge in [-0.15, -0.1) is 11.6 Å². The minimum atomic E-state index is 0.724. The van der Waals surface area contributed by atoms with Gasteiger partial charge >= 0.3 is 0 Å². The highest BCUT2D eigenvalue weighted by atomic mass is 35.5. The van der Waals surface area contributed by atoms with Crippen LogP contribution in [0.1, 0.15) is 12.0 Å². The van der Waals surface area contributed by atoms with Crippen molar-refractivity contribution in [1.29, 1.82) is 0 Å². The summed E-state index contributed by atoms with van der Waals surface area (Å²) in [4.78, 5) is 4.11. The Bertz CT molecular complexity index is 420. The van der Waals surface area contributed by atoms with Crippen LogP contribution in [0.15, 0.2) is 36.7 Å². The first kappa shape index (κ1) is 9.47. The maximum absolute atomic E-state index is 5.69. The van der Waals surface area contributed by atoms with Gasteiger partial charge in [-0.05, 0) is 29.9 Å². The topological polar surface area (TPSA) is 12.9 Å². The summed E-state index contributed by atoms with van der Waals surface area (Å²) in [6.45, 7) is 0. The molecule has 14 heavy (non-hydrogen) atoms. The van der Waals surface area contributed by atoms with Crippen molar-refractivity contribution in [1.82, 2.24) is 4.98 Å². The molecule has 0 saturated carbocycles. The van der Waals surface area contributed by atoms with E-state index in [1.54, 1.807) is 0 Å². The zero-order valence-electron chi connectivity index (χ0n) is 7.91. The van der Waals surface area contributed by atoms with Crippen LogP contribution in [0.5, 0.6) is 0 Å². The van der Waals surface area contributed by atoms with Crippen molar-refractivity contribution in [2.24, 2.45) is 0 Å². The Morgan fingerprint density at radius 2 is 2.14 bits per heavy atom. The molecule has 0 aliphatic rings. The first-order chi connectivity index (χ1) is 6.92. The van der Waals surface area contributed by atoms with E-state index < -0.39 is 0 Å². The van der Waals surface area contributed by atoms with Crippen molar-refractivity contribution in [3.05, 3.63) is 42.2 Å². The van der Waals surface area contributed by atoms with Crippen molar-refractivity contribution in [3.63, 3.8) is 0 Å². The lowest BCUT2D eigenvalue weighted by molar-refractivity contribution is 0.936. The molecule has 0 aliphatic heterocycles. The first-order valence-corrected chi connectivity index (χ1v) is 5.33. The standard InChI is InChI=1S/C12H12ClN/c13-7-2-5-10-3-1-4-11-9-14-8-6-12(10)11/h1,3-4,6,8-9H,2,5,7H2. The molecule has 1 nitrogen and oxygen atoms in total. The zero-order valence-corrected chi connectivity index (χ0v) is 8.67. The number of rotatable bonds is 3. The fraction of sp³-hybridized carbons (Fsp3) is 0.250. The SMILES string of the molecule is ClCCCc1cccc2cnccc12. The Labute approximate surface area is 88.7 Å². The molecule has 2 heteroatoms. The fourth-order valence-electron chi connectivity index (χ4n) is 1.66. The number of hydrogen-bond acceptors (Lipinski definition) is 1. The third-order valence-electron chi connectivity index (χ3n) is 2.35. The summed E-state index contributed by atoms with van der Waals surface area (Å²) in [5, 5.41) is 2.51. The van der Waals surface area contributed by atoms with Crippen LogP contribution in [0.2, 0.25) is 0 Å². The largest absolute Gasteiger partial charge is 0.264 e. The summed E-state index contributed by atoms with van der Waals surface area (Å²) in [6.07, 6.45) is 5.82. The van der Waals surface area contributed by atoms with Gasteiger partial charge in [0.2, 0.25) is 0 Å². The molecule has 0 spiro atoms. The maximum atomic E-state index is 5.69. The van der Waals surface area contributed by atoms with E-state index in [2.05, 4.69) is 29.2 Å². The summed E-state index contributed by atoms with van der Waals surface area (Å²) in [6, 6.07) is 8.40. The Morgan fingerprint density at radius 3 is 3.00 bits per heavy atom. The number of fused-ring (bicyclic) bond motifs is 1. The first-order valence-electron chi connectivity index (χ1n) is 4.79. The number of aromatic nitrogens is 1. The molecule has 0 saturated heterocycles. The molecule has 0 amide bonds. The maximum Gasteiger partial charge on any atom is 0.0346 e. The second-order valence-corrected chi connectivity index (χ2v) is 3.68. The summed E-state index contributed by atoms with van der Waals surface area (Å²) in [5.41, 5.74) is 1.37. The normalized spacial score (nSPS) is 10.6. The Hall–Kier alpha value is -1.08. The minimum absolute atomic E-state index is 0.724. The molecule has 2 rings (SSSR count). The lowest BCUT2D eigenvalue weighted by Crippen LogP contribution is -1.88. The van der Waals surface area contributed by atoms with E-state index in [0.29, 0.717) is 0 Å². The summed E-state index contributed by atoms with van der Waals surface area (Å²) >= 11 is 5.69. The van der Waals surface area contributed by atoms with Gasteiger partial charge in [0.15, 0.2) is 0 Å². The molecule has 0 bridgehead atoms. The van der Waals surface area contributed by atoms with Gasteiger partial charge in [0.25, 0.3) is 0 Å². The van der Waals surface area contributed by atoms with Gasteiger partial charge in [-0.3, -0.25) is 4.98 Å². The Morgan fingerprint density at radius 1 is 1.21 bits per heavy atom. The molecule has 0 radical (unpaired) electrons. The highest BCUT2D eigenvalue weighted by molar-refractivity contribution is 6.17. The van der Waals surface area contributed by atoms with E-state index in [9.17, 15) is 0 Å². The average molecular weight is 206 g/mol. The van der Waals surface area contributed by atoms with Gasteiger partial charge in [0.1, 0.15) is 0 Å². The number of pyridine rings is 1. The zero-order chi connectivity index (χ0) is 9.80. The van der Waals surface area contributed by atoms with E-state index >= 15 is 0 Å². The number of nitrogens with zero attached hydrogens (tertiary/aromatic N) is 1. The predicted molar refractivity (Wildman–Crippen MR) is 60.8 cm³/mol. The minimum Gasteiger partial charge on any atom is -0.264 e. The van der Waals surface area contributed by atoms with E-state index in [0.717, 1.165) is 18.7 Å². The number of benzene rings is 1. The van der Waals surface area contributed by atoms with Crippen LogP contribution in [0.25, 0.3) is 10.8 Å².